The maximum atomic E-state index is 7.87. The van der Waals surface area contributed by atoms with Crippen LogP contribution in [0.3, 0.4) is 0 Å². The molecule has 1 radical (unpaired) electrons. The summed E-state index contributed by atoms with van der Waals surface area (Å²) in [5.74, 6) is 0. The highest BCUT2D eigenvalue weighted by Crippen LogP contribution is 2.29. The minimum atomic E-state index is 0.0514. The average Bonchev–Trinajstić information content (AvgIpc) is 2.18. The Bertz CT molecular complexity index is 447. The summed E-state index contributed by atoms with van der Waals surface area (Å²) in [5.41, 5.74) is 10.6. The molecule has 2 aromatic carbocycles. The smallest absolute Gasteiger partial charge is 0.0294 e. The first-order chi connectivity index (χ1) is 6.84. The zero-order valence-corrected chi connectivity index (χ0v) is 7.96. The lowest BCUT2D eigenvalue weighted by Gasteiger charge is -2.21. The van der Waals surface area contributed by atoms with Crippen molar-refractivity contribution >= 4 is 10.8 Å². The van der Waals surface area contributed by atoms with Crippen LogP contribution in [-0.2, 0) is 12.8 Å². The van der Waals surface area contributed by atoms with Gasteiger partial charge in [-0.05, 0) is 34.7 Å². The lowest BCUT2D eigenvalue weighted by molar-refractivity contribution is 0.637. The van der Waals surface area contributed by atoms with Crippen LogP contribution in [0.15, 0.2) is 36.4 Å². The molecule has 2 aromatic rings. The molecule has 0 unspecified atom stereocenters. The van der Waals surface area contributed by atoms with E-state index in [1.54, 1.807) is 0 Å². The van der Waals surface area contributed by atoms with Gasteiger partial charge in [-0.2, -0.15) is 0 Å². The van der Waals surface area contributed by atoms with Crippen molar-refractivity contribution < 1.29 is 0 Å². The Hall–Kier alpha value is -1.34. The molecule has 1 nitrogen and oxygen atoms in total. The molecule has 0 aliphatic heterocycles. The summed E-state index contributed by atoms with van der Waals surface area (Å²) in [6, 6.07) is 12.9. The number of hydrogen-bond donors (Lipinski definition) is 0. The third-order valence-electron chi connectivity index (χ3n) is 3.01. The fourth-order valence-corrected chi connectivity index (χ4v) is 2.45. The van der Waals surface area contributed by atoms with Crippen molar-refractivity contribution in [3.8, 4) is 0 Å². The van der Waals surface area contributed by atoms with Crippen LogP contribution in [0.1, 0.15) is 11.1 Å². The van der Waals surface area contributed by atoms with Gasteiger partial charge in [0.1, 0.15) is 0 Å². The normalized spacial score (nSPS) is 16.1. The second-order valence-electron chi connectivity index (χ2n) is 4.04. The van der Waals surface area contributed by atoms with Crippen LogP contribution in [0.4, 0.5) is 0 Å². The molecule has 0 saturated heterocycles. The lowest BCUT2D eigenvalue weighted by Crippen LogP contribution is -2.20. The minimum Gasteiger partial charge on any atom is -0.254 e. The van der Waals surface area contributed by atoms with Crippen LogP contribution < -0.4 is 5.73 Å². The molecule has 1 aliphatic carbocycles. The van der Waals surface area contributed by atoms with Gasteiger partial charge < -0.3 is 0 Å². The topological polar surface area (TPSA) is 23.8 Å². The molecule has 69 valence electrons. The van der Waals surface area contributed by atoms with Crippen molar-refractivity contribution in [2.24, 2.45) is 0 Å². The van der Waals surface area contributed by atoms with Gasteiger partial charge in [0.05, 0.1) is 0 Å². The lowest BCUT2D eigenvalue weighted by atomic mass is 9.86. The first-order valence-electron chi connectivity index (χ1n) is 5.05. The van der Waals surface area contributed by atoms with Crippen LogP contribution in [0.2, 0.25) is 0 Å². The fourth-order valence-electron chi connectivity index (χ4n) is 2.45. The van der Waals surface area contributed by atoms with Crippen molar-refractivity contribution in [2.75, 3.05) is 0 Å². The summed E-state index contributed by atoms with van der Waals surface area (Å²) in [6.07, 6.45) is 1.82. The van der Waals surface area contributed by atoms with Crippen LogP contribution >= 0.6 is 0 Å². The SMILES string of the molecule is [NH]C1Cc2cccc3cccc(c23)C1. The zero-order chi connectivity index (χ0) is 9.54. The molecule has 1 N–H and O–H groups in total. The summed E-state index contributed by atoms with van der Waals surface area (Å²) in [4.78, 5) is 0. The number of hydrogen-bond acceptors (Lipinski definition) is 0. The Kier molecular flexibility index (Phi) is 1.62. The molecule has 0 amide bonds. The molecule has 1 heteroatoms. The van der Waals surface area contributed by atoms with Gasteiger partial charge in [0.2, 0.25) is 0 Å². The molecule has 0 spiro atoms. The molecule has 0 fully saturated rings. The number of rotatable bonds is 0. The highest BCUT2D eigenvalue weighted by molar-refractivity contribution is 5.89. The van der Waals surface area contributed by atoms with Crippen molar-refractivity contribution in [3.05, 3.63) is 47.5 Å². The van der Waals surface area contributed by atoms with E-state index in [-0.39, 0.29) is 6.04 Å². The predicted molar refractivity (Wildman–Crippen MR) is 58.2 cm³/mol. The van der Waals surface area contributed by atoms with E-state index in [9.17, 15) is 0 Å². The first kappa shape index (κ1) is 8.01. The standard InChI is InChI=1S/C13H12N/c14-12-7-10-5-1-3-9-4-2-6-11(8-12)13(9)10/h1-6,12,14H,7-8H2. The number of benzene rings is 2. The van der Waals surface area contributed by atoms with E-state index in [0.717, 1.165) is 12.8 Å². The van der Waals surface area contributed by atoms with Gasteiger partial charge in [0.25, 0.3) is 0 Å². The molecule has 1 aliphatic rings. The molecule has 3 rings (SSSR count). The summed E-state index contributed by atoms with van der Waals surface area (Å²) in [6.45, 7) is 0. The van der Waals surface area contributed by atoms with Crippen molar-refractivity contribution in [1.29, 1.82) is 0 Å². The Labute approximate surface area is 83.5 Å². The van der Waals surface area contributed by atoms with Gasteiger partial charge in [0, 0.05) is 6.04 Å². The van der Waals surface area contributed by atoms with Crippen LogP contribution in [-0.4, -0.2) is 6.04 Å². The third kappa shape index (κ3) is 1.06. The fraction of sp³-hybridized carbons (Fsp3) is 0.231. The molecule has 0 heterocycles. The van der Waals surface area contributed by atoms with Crippen molar-refractivity contribution in [3.63, 3.8) is 0 Å². The van der Waals surface area contributed by atoms with Gasteiger partial charge in [-0.25, -0.2) is 0 Å². The van der Waals surface area contributed by atoms with Gasteiger partial charge in [0.15, 0.2) is 0 Å². The molecular weight excluding hydrogens is 170 g/mol. The molecular formula is C13H12N. The van der Waals surface area contributed by atoms with Gasteiger partial charge in [-0.1, -0.05) is 36.4 Å². The Morgan fingerprint density at radius 2 is 1.50 bits per heavy atom. The van der Waals surface area contributed by atoms with Gasteiger partial charge in [-0.3, -0.25) is 5.73 Å². The first-order valence-corrected chi connectivity index (χ1v) is 5.05. The molecule has 0 aromatic heterocycles. The highest BCUT2D eigenvalue weighted by atomic mass is 14.6. The van der Waals surface area contributed by atoms with Crippen molar-refractivity contribution in [1.82, 2.24) is 5.73 Å². The van der Waals surface area contributed by atoms with E-state index in [4.69, 9.17) is 5.73 Å². The maximum absolute atomic E-state index is 7.87. The molecule has 0 saturated carbocycles. The van der Waals surface area contributed by atoms with E-state index in [0.29, 0.717) is 0 Å². The van der Waals surface area contributed by atoms with E-state index >= 15 is 0 Å². The highest BCUT2D eigenvalue weighted by Gasteiger charge is 2.17. The Morgan fingerprint density at radius 3 is 2.07 bits per heavy atom. The largest absolute Gasteiger partial charge is 0.254 e. The third-order valence-corrected chi connectivity index (χ3v) is 3.01. The monoisotopic (exact) mass is 182 g/mol. The van der Waals surface area contributed by atoms with Crippen LogP contribution in [0, 0.1) is 0 Å². The second kappa shape index (κ2) is 2.82. The second-order valence-corrected chi connectivity index (χ2v) is 4.04. The summed E-state index contributed by atoms with van der Waals surface area (Å²) in [5, 5.41) is 2.73. The van der Waals surface area contributed by atoms with E-state index < -0.39 is 0 Å². The number of nitrogens with one attached hydrogen (secondary N) is 1. The van der Waals surface area contributed by atoms with E-state index in [1.165, 1.54) is 21.9 Å². The quantitative estimate of drug-likeness (QED) is 0.598. The maximum Gasteiger partial charge on any atom is 0.0294 e. The van der Waals surface area contributed by atoms with E-state index in [1.807, 2.05) is 0 Å². The summed E-state index contributed by atoms with van der Waals surface area (Å²) < 4.78 is 0. The van der Waals surface area contributed by atoms with Gasteiger partial charge in [-0.15, -0.1) is 0 Å². The minimum absolute atomic E-state index is 0.0514. The van der Waals surface area contributed by atoms with Crippen LogP contribution in [0.5, 0.6) is 0 Å². The zero-order valence-electron chi connectivity index (χ0n) is 7.96. The van der Waals surface area contributed by atoms with E-state index in [2.05, 4.69) is 36.4 Å². The van der Waals surface area contributed by atoms with Crippen LogP contribution in [0.25, 0.3) is 10.8 Å². The summed E-state index contributed by atoms with van der Waals surface area (Å²) >= 11 is 0. The molecule has 0 bridgehead atoms. The Balaban J connectivity index is 2.40. The summed E-state index contributed by atoms with van der Waals surface area (Å²) in [7, 11) is 0. The molecule has 14 heavy (non-hydrogen) atoms. The van der Waals surface area contributed by atoms with Gasteiger partial charge >= 0.3 is 0 Å². The van der Waals surface area contributed by atoms with Crippen molar-refractivity contribution in [2.45, 2.75) is 18.9 Å². The molecule has 0 atom stereocenters. The average molecular weight is 182 g/mol. The predicted octanol–water partition coefficient (Wildman–Crippen LogP) is 2.59. The Morgan fingerprint density at radius 1 is 0.929 bits per heavy atom.